The minimum atomic E-state index is -2.65. The number of hydrogen-bond acceptors (Lipinski definition) is 9. The van der Waals surface area contributed by atoms with Gasteiger partial charge >= 0.3 is 0 Å². The molecule has 0 saturated carbocycles. The van der Waals surface area contributed by atoms with E-state index in [1.54, 1.807) is 27.2 Å². The fourth-order valence-corrected chi connectivity index (χ4v) is 5.60. The highest BCUT2D eigenvalue weighted by atomic mass is 16.3. The Hall–Kier alpha value is -3.65. The van der Waals surface area contributed by atoms with Crippen LogP contribution in [0.1, 0.15) is 27.9 Å². The number of aliphatic hydroxyl groups excluding tert-OH is 2. The molecular weight excluding hydrogens is 454 g/mol. The molecule has 0 heterocycles. The number of fused-ring (bicyclic) bond motifs is 3. The number of ketones is 2. The number of phenols is 1. The molecule has 0 radical (unpaired) electrons. The van der Waals surface area contributed by atoms with Crippen LogP contribution >= 0.6 is 0 Å². The Bertz CT molecular complexity index is 1280. The Morgan fingerprint density at radius 3 is 2.54 bits per heavy atom. The molecule has 184 valence electrons. The van der Waals surface area contributed by atoms with E-state index in [9.17, 15) is 34.8 Å². The number of carbonyl (C=O) groups is 3. The second-order valence-electron chi connectivity index (χ2n) is 9.28. The van der Waals surface area contributed by atoms with Crippen molar-refractivity contribution in [3.8, 4) is 17.6 Å². The van der Waals surface area contributed by atoms with Crippen molar-refractivity contribution in [2.75, 3.05) is 27.7 Å². The number of hydrogen-bond donors (Lipinski definition) is 6. The van der Waals surface area contributed by atoms with Crippen molar-refractivity contribution in [1.82, 2.24) is 10.2 Å². The quantitative estimate of drug-likeness (QED) is 0.250. The average molecular weight is 482 g/mol. The van der Waals surface area contributed by atoms with Crippen LogP contribution in [0, 0.1) is 23.7 Å². The molecule has 10 heteroatoms. The summed E-state index contributed by atoms with van der Waals surface area (Å²) in [5, 5.41) is 47.0. The van der Waals surface area contributed by atoms with Gasteiger partial charge in [-0.1, -0.05) is 11.8 Å². The molecule has 3 aliphatic carbocycles. The Morgan fingerprint density at radius 2 is 1.94 bits per heavy atom. The number of amides is 1. The molecule has 1 amide bonds. The van der Waals surface area contributed by atoms with E-state index in [-0.39, 0.29) is 29.7 Å². The molecule has 1 aromatic rings. The van der Waals surface area contributed by atoms with Crippen molar-refractivity contribution in [3.05, 3.63) is 51.5 Å². The number of allylic oxidation sites excluding steroid dienone is 1. The number of rotatable bonds is 3. The summed E-state index contributed by atoms with van der Waals surface area (Å²) in [6.07, 6.45) is 0.233. The number of nitrogens with zero attached hydrogens (tertiary/aromatic N) is 1. The third kappa shape index (κ3) is 3.43. The third-order valence-electron chi connectivity index (χ3n) is 7.09. The molecule has 3 aliphatic rings. The number of likely N-dealkylation sites (N-methyl/N-ethyl adjacent to an activating group) is 1. The minimum Gasteiger partial charge on any atom is -0.510 e. The number of carbonyl (C=O) groups excluding carboxylic acids is 3. The number of Topliss-reactive ketones (excluding diaryl/α,β-unsaturated/α-hetero) is 2. The number of aromatic hydroxyl groups is 1. The molecule has 1 aromatic carbocycles. The van der Waals surface area contributed by atoms with Gasteiger partial charge in [-0.15, -0.1) is 0 Å². The van der Waals surface area contributed by atoms with Crippen LogP contribution in [-0.4, -0.2) is 82.1 Å². The smallest absolute Gasteiger partial charge is 0.255 e. The van der Waals surface area contributed by atoms with Crippen LogP contribution in [0.25, 0.3) is 0 Å². The zero-order chi connectivity index (χ0) is 25.8. The van der Waals surface area contributed by atoms with Crippen molar-refractivity contribution in [1.29, 1.82) is 0 Å². The Labute approximate surface area is 201 Å². The summed E-state index contributed by atoms with van der Waals surface area (Å²) >= 11 is 0. The Morgan fingerprint density at radius 1 is 1.26 bits per heavy atom. The van der Waals surface area contributed by atoms with E-state index in [0.29, 0.717) is 17.7 Å². The molecule has 10 nitrogen and oxygen atoms in total. The first-order chi connectivity index (χ1) is 16.5. The van der Waals surface area contributed by atoms with Gasteiger partial charge in [-0.05, 0) is 57.6 Å². The lowest BCUT2D eigenvalue weighted by atomic mass is 9.58. The standard InChI is InChI=1S/C25H27N3O7/c1-27-8-4-5-11-6-7-15(29)17-13(11)9-12-10-14-19(28(2)3)21(31)18(24(26)34)23(33)25(14,35)22(32)16(12)20(17)30/h6-7,12,14,19,27,29,31-32,35H,8-10H2,1-3H3,(H2,26,34). The maximum atomic E-state index is 13.6. The molecule has 0 spiro atoms. The maximum absolute atomic E-state index is 13.6. The van der Waals surface area contributed by atoms with Gasteiger partial charge in [0.15, 0.2) is 11.4 Å². The topological polar surface area (TPSA) is 173 Å². The fraction of sp³-hybridized carbons (Fsp3) is 0.400. The summed E-state index contributed by atoms with van der Waals surface area (Å²) in [4.78, 5) is 40.3. The highest BCUT2D eigenvalue weighted by Crippen LogP contribution is 2.52. The molecule has 0 aromatic heterocycles. The molecule has 7 N–H and O–H groups in total. The monoisotopic (exact) mass is 481 g/mol. The summed E-state index contributed by atoms with van der Waals surface area (Å²) in [6, 6.07) is 1.91. The summed E-state index contributed by atoms with van der Waals surface area (Å²) < 4.78 is 0. The van der Waals surface area contributed by atoms with Crippen LogP contribution in [0.2, 0.25) is 0 Å². The minimum absolute atomic E-state index is 0.0325. The zero-order valence-corrected chi connectivity index (χ0v) is 19.5. The lowest BCUT2D eigenvalue weighted by molar-refractivity contribution is -0.148. The number of phenolic OH excluding ortho intramolecular Hbond substituents is 1. The number of aliphatic hydroxyl groups is 3. The Balaban J connectivity index is 1.94. The van der Waals surface area contributed by atoms with E-state index in [2.05, 4.69) is 17.2 Å². The highest BCUT2D eigenvalue weighted by Gasteiger charge is 2.63. The highest BCUT2D eigenvalue weighted by molar-refractivity contribution is 6.24. The SMILES string of the molecule is CNCC#Cc1ccc(O)c2c1CC1CC3C(N(C)C)C(O)=C(C(N)=O)C(=O)C3(O)C(O)=C1C2=O. The number of benzene rings is 1. The van der Waals surface area contributed by atoms with Crippen molar-refractivity contribution in [2.24, 2.45) is 17.6 Å². The lowest BCUT2D eigenvalue weighted by Gasteiger charge is -2.50. The number of nitrogens with one attached hydrogen (secondary N) is 1. The molecule has 4 rings (SSSR count). The molecule has 0 bridgehead atoms. The Kier molecular flexibility index (Phi) is 5.97. The van der Waals surface area contributed by atoms with E-state index in [4.69, 9.17) is 5.73 Å². The van der Waals surface area contributed by atoms with Crippen molar-refractivity contribution in [2.45, 2.75) is 24.5 Å². The molecular formula is C25H27N3O7. The van der Waals surface area contributed by atoms with Gasteiger partial charge in [-0.3, -0.25) is 19.3 Å². The van der Waals surface area contributed by atoms with Crippen molar-refractivity contribution >= 4 is 17.5 Å². The molecule has 4 unspecified atom stereocenters. The summed E-state index contributed by atoms with van der Waals surface area (Å²) in [7, 11) is 4.91. The van der Waals surface area contributed by atoms with Gasteiger partial charge in [0, 0.05) is 17.1 Å². The zero-order valence-electron chi connectivity index (χ0n) is 19.5. The van der Waals surface area contributed by atoms with Crippen molar-refractivity contribution < 1.29 is 34.8 Å². The third-order valence-corrected chi connectivity index (χ3v) is 7.09. The van der Waals surface area contributed by atoms with Crippen LogP contribution in [0.4, 0.5) is 0 Å². The largest absolute Gasteiger partial charge is 0.510 e. The average Bonchev–Trinajstić information content (AvgIpc) is 2.77. The van der Waals surface area contributed by atoms with Gasteiger partial charge in [-0.2, -0.15) is 0 Å². The molecule has 0 aliphatic heterocycles. The van der Waals surface area contributed by atoms with Crippen LogP contribution in [-0.2, 0) is 16.0 Å². The van der Waals surface area contributed by atoms with E-state index in [1.165, 1.54) is 11.0 Å². The number of primary amides is 1. The van der Waals surface area contributed by atoms with Crippen molar-refractivity contribution in [3.63, 3.8) is 0 Å². The normalized spacial score (nSPS) is 27.7. The molecule has 4 atom stereocenters. The van der Waals surface area contributed by atoms with Gasteiger partial charge in [0.2, 0.25) is 5.78 Å². The van der Waals surface area contributed by atoms with Crippen LogP contribution in [0.5, 0.6) is 5.75 Å². The summed E-state index contributed by atoms with van der Waals surface area (Å²) in [6.45, 7) is 0.411. The predicted octanol–water partition coefficient (Wildman–Crippen LogP) is -0.308. The molecule has 35 heavy (non-hydrogen) atoms. The van der Waals surface area contributed by atoms with Crippen LogP contribution in [0.15, 0.2) is 34.8 Å². The first-order valence-corrected chi connectivity index (χ1v) is 11.1. The fourth-order valence-electron chi connectivity index (χ4n) is 5.60. The molecule has 0 saturated heterocycles. The second-order valence-corrected chi connectivity index (χ2v) is 9.28. The van der Waals surface area contributed by atoms with Gasteiger partial charge in [-0.25, -0.2) is 0 Å². The first-order valence-electron chi connectivity index (χ1n) is 11.1. The van der Waals surface area contributed by atoms with Gasteiger partial charge < -0.3 is 31.5 Å². The van der Waals surface area contributed by atoms with Gasteiger partial charge in [0.25, 0.3) is 5.91 Å². The lowest BCUT2D eigenvalue weighted by Crippen LogP contribution is -2.63. The number of nitrogens with two attached hydrogens (primary N) is 1. The second kappa shape index (κ2) is 8.53. The van der Waals surface area contributed by atoms with Gasteiger partial charge in [0.1, 0.15) is 22.8 Å². The van der Waals surface area contributed by atoms with E-state index < -0.39 is 58.0 Å². The van der Waals surface area contributed by atoms with E-state index in [0.717, 1.165) is 0 Å². The first kappa shape index (κ1) is 24.5. The molecule has 0 fully saturated rings. The van der Waals surface area contributed by atoms with E-state index in [1.807, 2.05) is 0 Å². The summed E-state index contributed by atoms with van der Waals surface area (Å²) in [5.74, 6) is -0.829. The predicted molar refractivity (Wildman–Crippen MR) is 124 cm³/mol. The van der Waals surface area contributed by atoms with Crippen LogP contribution < -0.4 is 11.1 Å². The van der Waals surface area contributed by atoms with Crippen LogP contribution in [0.3, 0.4) is 0 Å². The van der Waals surface area contributed by atoms with Gasteiger partial charge in [0.05, 0.1) is 18.2 Å². The maximum Gasteiger partial charge on any atom is 0.255 e. The summed E-state index contributed by atoms with van der Waals surface area (Å²) in [5.41, 5.74) is 2.65. The van der Waals surface area contributed by atoms with E-state index >= 15 is 0 Å².